The van der Waals surface area contributed by atoms with Crippen LogP contribution in [-0.4, -0.2) is 9.55 Å². The number of pyridine rings is 2. The predicted molar refractivity (Wildman–Crippen MR) is 59.3 cm³/mol. The molecule has 0 atom stereocenters. The van der Waals surface area contributed by atoms with E-state index < -0.39 is 5.82 Å². The summed E-state index contributed by atoms with van der Waals surface area (Å²) in [6.45, 7) is 0. The van der Waals surface area contributed by atoms with Crippen molar-refractivity contribution in [1.29, 1.82) is 0 Å². The summed E-state index contributed by atoms with van der Waals surface area (Å²) < 4.78 is 14.4. The van der Waals surface area contributed by atoms with E-state index in [-0.39, 0.29) is 11.2 Å². The van der Waals surface area contributed by atoms with E-state index in [0.717, 1.165) is 6.20 Å². The fourth-order valence-electron chi connectivity index (χ4n) is 1.39. The summed E-state index contributed by atoms with van der Waals surface area (Å²) in [6, 6.07) is 4.70. The molecular weight excluding hydrogens is 209 g/mol. The van der Waals surface area contributed by atoms with Crippen molar-refractivity contribution in [3.8, 4) is 11.3 Å². The number of aryl methyl sites for hydroxylation is 1. The highest BCUT2D eigenvalue weighted by Crippen LogP contribution is 2.17. The van der Waals surface area contributed by atoms with Crippen molar-refractivity contribution in [2.45, 2.75) is 0 Å². The third-order valence-electron chi connectivity index (χ3n) is 2.28. The largest absolute Gasteiger partial charge is 0.396 e. The Hall–Kier alpha value is -2.17. The monoisotopic (exact) mass is 219 g/mol. The van der Waals surface area contributed by atoms with Crippen LogP contribution in [0.4, 0.5) is 10.1 Å². The number of hydrogen-bond acceptors (Lipinski definition) is 3. The standard InChI is InChI=1S/C11H10FN3O/c1-15-4-2-3-7(11(15)16)10-5-9(13)8(12)6-14-10/h2-6H,1H3,(H2,13,14). The third-order valence-corrected chi connectivity index (χ3v) is 2.28. The zero-order valence-corrected chi connectivity index (χ0v) is 8.64. The van der Waals surface area contributed by atoms with Crippen LogP contribution in [0.3, 0.4) is 0 Å². The molecule has 4 nitrogen and oxygen atoms in total. The second-order valence-corrected chi connectivity index (χ2v) is 3.43. The highest BCUT2D eigenvalue weighted by molar-refractivity contribution is 5.62. The summed E-state index contributed by atoms with van der Waals surface area (Å²) in [6.07, 6.45) is 2.65. The van der Waals surface area contributed by atoms with Crippen molar-refractivity contribution in [3.05, 3.63) is 46.8 Å². The molecule has 2 N–H and O–H groups in total. The van der Waals surface area contributed by atoms with Crippen LogP contribution in [0.15, 0.2) is 35.4 Å². The van der Waals surface area contributed by atoms with Gasteiger partial charge in [0.2, 0.25) is 0 Å². The molecule has 0 amide bonds. The lowest BCUT2D eigenvalue weighted by atomic mass is 10.2. The first-order valence-electron chi connectivity index (χ1n) is 4.66. The number of aromatic nitrogens is 2. The molecule has 2 rings (SSSR count). The Kier molecular flexibility index (Phi) is 2.44. The molecule has 0 aliphatic heterocycles. The van der Waals surface area contributed by atoms with E-state index in [1.807, 2.05) is 0 Å². The van der Waals surface area contributed by atoms with Gasteiger partial charge in [-0.25, -0.2) is 4.39 Å². The van der Waals surface area contributed by atoms with Gasteiger partial charge >= 0.3 is 0 Å². The maximum absolute atomic E-state index is 12.9. The second-order valence-electron chi connectivity index (χ2n) is 3.43. The number of rotatable bonds is 1. The van der Waals surface area contributed by atoms with E-state index >= 15 is 0 Å². The summed E-state index contributed by atoms with van der Waals surface area (Å²) >= 11 is 0. The molecular formula is C11H10FN3O. The first-order chi connectivity index (χ1) is 7.59. The Bertz CT molecular complexity index is 592. The van der Waals surface area contributed by atoms with Crippen LogP contribution in [0, 0.1) is 5.82 Å². The molecule has 0 radical (unpaired) electrons. The number of nitrogens with two attached hydrogens (primary N) is 1. The zero-order chi connectivity index (χ0) is 11.7. The minimum atomic E-state index is -0.587. The maximum Gasteiger partial charge on any atom is 0.259 e. The SMILES string of the molecule is Cn1cccc(-c2cc(N)c(F)cn2)c1=O. The van der Waals surface area contributed by atoms with Gasteiger partial charge in [0.1, 0.15) is 0 Å². The molecule has 0 spiro atoms. The summed E-state index contributed by atoms with van der Waals surface area (Å²) in [5.74, 6) is -0.587. The number of halogens is 1. The van der Waals surface area contributed by atoms with Crippen LogP contribution in [-0.2, 0) is 7.05 Å². The Morgan fingerprint density at radius 2 is 2.25 bits per heavy atom. The Morgan fingerprint density at radius 1 is 1.50 bits per heavy atom. The van der Waals surface area contributed by atoms with Crippen LogP contribution in [0.2, 0.25) is 0 Å². The van der Waals surface area contributed by atoms with Gasteiger partial charge in [0.05, 0.1) is 23.1 Å². The Morgan fingerprint density at radius 3 is 2.94 bits per heavy atom. The van der Waals surface area contributed by atoms with Gasteiger partial charge in [0, 0.05) is 13.2 Å². The van der Waals surface area contributed by atoms with E-state index in [0.29, 0.717) is 11.3 Å². The van der Waals surface area contributed by atoms with Crippen molar-refractivity contribution in [3.63, 3.8) is 0 Å². The Labute approximate surface area is 91.2 Å². The molecule has 0 aromatic carbocycles. The van der Waals surface area contributed by atoms with Crippen molar-refractivity contribution in [2.75, 3.05) is 5.73 Å². The molecule has 2 aromatic rings. The van der Waals surface area contributed by atoms with Gasteiger partial charge in [-0.2, -0.15) is 0 Å². The van der Waals surface area contributed by atoms with Crippen LogP contribution < -0.4 is 11.3 Å². The predicted octanol–water partition coefficient (Wildman–Crippen LogP) is 1.17. The smallest absolute Gasteiger partial charge is 0.259 e. The van der Waals surface area contributed by atoms with Crippen molar-refractivity contribution >= 4 is 5.69 Å². The summed E-state index contributed by atoms with van der Waals surface area (Å²) in [7, 11) is 1.64. The molecule has 82 valence electrons. The number of anilines is 1. The number of nitrogen functional groups attached to an aromatic ring is 1. The summed E-state index contributed by atoms with van der Waals surface area (Å²) in [5.41, 5.74) is 5.99. The van der Waals surface area contributed by atoms with Crippen molar-refractivity contribution < 1.29 is 4.39 Å². The summed E-state index contributed by atoms with van der Waals surface area (Å²) in [4.78, 5) is 15.6. The van der Waals surface area contributed by atoms with E-state index in [2.05, 4.69) is 4.98 Å². The van der Waals surface area contributed by atoms with Gasteiger partial charge in [-0.05, 0) is 18.2 Å². The molecule has 0 saturated carbocycles. The second kappa shape index (κ2) is 3.77. The first-order valence-corrected chi connectivity index (χ1v) is 4.66. The van der Waals surface area contributed by atoms with Crippen molar-refractivity contribution in [1.82, 2.24) is 9.55 Å². The Balaban J connectivity index is 2.64. The van der Waals surface area contributed by atoms with Crippen LogP contribution in [0.5, 0.6) is 0 Å². The molecule has 2 heterocycles. The van der Waals surface area contributed by atoms with Crippen LogP contribution in [0.25, 0.3) is 11.3 Å². The molecule has 16 heavy (non-hydrogen) atoms. The molecule has 0 fully saturated rings. The van der Waals surface area contributed by atoms with Gasteiger partial charge in [0.25, 0.3) is 5.56 Å². The van der Waals surface area contributed by atoms with Gasteiger partial charge in [0.15, 0.2) is 5.82 Å². The zero-order valence-electron chi connectivity index (χ0n) is 8.64. The molecule has 0 aliphatic carbocycles. The molecule has 2 aromatic heterocycles. The van der Waals surface area contributed by atoms with Crippen molar-refractivity contribution in [2.24, 2.45) is 7.05 Å². The molecule has 0 unspecified atom stereocenters. The lowest BCUT2D eigenvalue weighted by Crippen LogP contribution is -2.17. The molecule has 0 saturated heterocycles. The van der Waals surface area contributed by atoms with E-state index in [9.17, 15) is 9.18 Å². The van der Waals surface area contributed by atoms with Gasteiger partial charge in [-0.3, -0.25) is 9.78 Å². The highest BCUT2D eigenvalue weighted by atomic mass is 19.1. The van der Waals surface area contributed by atoms with E-state index in [1.165, 1.54) is 10.6 Å². The fraction of sp³-hybridized carbons (Fsp3) is 0.0909. The minimum absolute atomic E-state index is 0.0177. The average molecular weight is 219 g/mol. The lowest BCUT2D eigenvalue weighted by molar-refractivity contribution is 0.626. The van der Waals surface area contributed by atoms with E-state index in [1.54, 1.807) is 25.4 Å². The van der Waals surface area contributed by atoms with Gasteiger partial charge in [-0.15, -0.1) is 0 Å². The van der Waals surface area contributed by atoms with E-state index in [4.69, 9.17) is 5.73 Å². The quantitative estimate of drug-likeness (QED) is 0.783. The lowest BCUT2D eigenvalue weighted by Gasteiger charge is -2.03. The molecule has 0 bridgehead atoms. The van der Waals surface area contributed by atoms with Gasteiger partial charge in [-0.1, -0.05) is 0 Å². The summed E-state index contributed by atoms with van der Waals surface area (Å²) in [5, 5.41) is 0. The maximum atomic E-state index is 12.9. The van der Waals surface area contributed by atoms with Crippen LogP contribution in [0.1, 0.15) is 0 Å². The number of nitrogens with zero attached hydrogens (tertiary/aromatic N) is 2. The average Bonchev–Trinajstić information content (AvgIpc) is 2.26. The minimum Gasteiger partial charge on any atom is -0.396 e. The molecule has 5 heteroatoms. The normalized spacial score (nSPS) is 10.4. The third kappa shape index (κ3) is 1.67. The topological polar surface area (TPSA) is 60.9 Å². The van der Waals surface area contributed by atoms with Crippen LogP contribution >= 0.6 is 0 Å². The fourth-order valence-corrected chi connectivity index (χ4v) is 1.39. The molecule has 0 aliphatic rings. The number of hydrogen-bond donors (Lipinski definition) is 1. The highest BCUT2D eigenvalue weighted by Gasteiger charge is 2.07. The first kappa shape index (κ1) is 10.4. The van der Waals surface area contributed by atoms with Gasteiger partial charge < -0.3 is 10.3 Å².